The first-order chi connectivity index (χ1) is 14.0. The molecule has 0 unspecified atom stereocenters. The normalized spacial score (nSPS) is 14.6. The van der Waals surface area contributed by atoms with Crippen LogP contribution in [0.4, 0.5) is 8.78 Å². The summed E-state index contributed by atoms with van der Waals surface area (Å²) in [6.07, 6.45) is 1.44. The molecule has 0 spiro atoms. The predicted octanol–water partition coefficient (Wildman–Crippen LogP) is 3.66. The lowest BCUT2D eigenvalue weighted by molar-refractivity contribution is -0.129. The maximum Gasteiger partial charge on any atom is 0.387 e. The Morgan fingerprint density at radius 2 is 1.69 bits per heavy atom. The third-order valence-electron chi connectivity index (χ3n) is 3.98. The molecule has 2 aromatic rings. The van der Waals surface area contributed by atoms with E-state index < -0.39 is 12.6 Å². The number of aliphatic imine (C=N–C) groups is 1. The molecule has 0 fully saturated rings. The lowest BCUT2D eigenvalue weighted by Crippen LogP contribution is -2.10. The van der Waals surface area contributed by atoms with Gasteiger partial charge in [-0.05, 0) is 30.3 Å². The van der Waals surface area contributed by atoms with Crippen molar-refractivity contribution in [1.82, 2.24) is 0 Å². The number of nitrogens with zero attached hydrogens (tertiary/aromatic N) is 1. The van der Waals surface area contributed by atoms with Crippen LogP contribution in [0.3, 0.4) is 0 Å². The van der Waals surface area contributed by atoms with Gasteiger partial charge in [-0.15, -0.1) is 0 Å². The van der Waals surface area contributed by atoms with Gasteiger partial charge in [0.05, 0.1) is 26.9 Å². The molecule has 0 saturated carbocycles. The molecular formula is C20H17F2NO6. The number of rotatable bonds is 7. The van der Waals surface area contributed by atoms with E-state index in [9.17, 15) is 13.6 Å². The Morgan fingerprint density at radius 3 is 2.34 bits per heavy atom. The predicted molar refractivity (Wildman–Crippen MR) is 99.8 cm³/mol. The van der Waals surface area contributed by atoms with Crippen molar-refractivity contribution in [2.45, 2.75) is 6.61 Å². The highest BCUT2D eigenvalue weighted by Crippen LogP contribution is 2.41. The Bertz CT molecular complexity index is 987. The fourth-order valence-corrected chi connectivity index (χ4v) is 2.75. The smallest absolute Gasteiger partial charge is 0.387 e. The first-order valence-corrected chi connectivity index (χ1v) is 8.34. The number of esters is 1. The fourth-order valence-electron chi connectivity index (χ4n) is 2.75. The van der Waals surface area contributed by atoms with E-state index in [0.717, 1.165) is 0 Å². The van der Waals surface area contributed by atoms with Crippen molar-refractivity contribution in [2.75, 3.05) is 21.3 Å². The number of alkyl halides is 2. The van der Waals surface area contributed by atoms with Crippen LogP contribution in [0.1, 0.15) is 11.1 Å². The number of carbonyl (C=O) groups is 1. The van der Waals surface area contributed by atoms with Gasteiger partial charge in [-0.25, -0.2) is 9.79 Å². The Morgan fingerprint density at radius 1 is 0.966 bits per heavy atom. The Hall–Kier alpha value is -3.62. The van der Waals surface area contributed by atoms with Crippen LogP contribution in [-0.4, -0.2) is 39.8 Å². The summed E-state index contributed by atoms with van der Waals surface area (Å²) >= 11 is 0. The van der Waals surface area contributed by atoms with E-state index in [-0.39, 0.29) is 22.9 Å². The van der Waals surface area contributed by atoms with Gasteiger partial charge in [0.1, 0.15) is 5.75 Å². The van der Waals surface area contributed by atoms with E-state index in [2.05, 4.69) is 9.73 Å². The van der Waals surface area contributed by atoms with E-state index >= 15 is 0 Å². The number of ether oxygens (including phenoxy) is 5. The molecule has 1 aliphatic heterocycles. The molecule has 7 nitrogen and oxygen atoms in total. The van der Waals surface area contributed by atoms with Crippen molar-refractivity contribution in [3.8, 4) is 23.0 Å². The molecule has 0 atom stereocenters. The second-order valence-corrected chi connectivity index (χ2v) is 5.63. The molecule has 29 heavy (non-hydrogen) atoms. The summed E-state index contributed by atoms with van der Waals surface area (Å²) in [5, 5.41) is 0. The molecule has 1 aliphatic rings. The van der Waals surface area contributed by atoms with Crippen LogP contribution in [0.2, 0.25) is 0 Å². The van der Waals surface area contributed by atoms with E-state index in [1.54, 1.807) is 18.2 Å². The molecule has 0 amide bonds. The summed E-state index contributed by atoms with van der Waals surface area (Å²) in [7, 11) is 4.38. The topological polar surface area (TPSA) is 75.6 Å². The molecule has 0 aromatic heterocycles. The van der Waals surface area contributed by atoms with E-state index in [1.807, 2.05) is 0 Å². The molecule has 0 N–H and O–H groups in total. The van der Waals surface area contributed by atoms with Crippen LogP contribution in [0, 0.1) is 0 Å². The van der Waals surface area contributed by atoms with E-state index in [4.69, 9.17) is 18.9 Å². The number of carbonyl (C=O) groups excluding carboxylic acids is 1. The molecule has 9 heteroatoms. The number of para-hydroxylation sites is 1. The molecule has 0 saturated heterocycles. The van der Waals surface area contributed by atoms with Gasteiger partial charge >= 0.3 is 12.6 Å². The summed E-state index contributed by atoms with van der Waals surface area (Å²) < 4.78 is 50.8. The van der Waals surface area contributed by atoms with Crippen LogP contribution in [-0.2, 0) is 9.53 Å². The van der Waals surface area contributed by atoms with Gasteiger partial charge in [0.15, 0.2) is 17.2 Å². The highest BCUT2D eigenvalue weighted by Gasteiger charge is 2.27. The van der Waals surface area contributed by atoms with Crippen molar-refractivity contribution >= 4 is 17.9 Å². The quantitative estimate of drug-likeness (QED) is 0.517. The van der Waals surface area contributed by atoms with Crippen LogP contribution in [0.5, 0.6) is 23.0 Å². The molecular weight excluding hydrogens is 388 g/mol. The second-order valence-electron chi connectivity index (χ2n) is 5.63. The number of hydrogen-bond donors (Lipinski definition) is 0. The minimum atomic E-state index is -3.03. The molecule has 152 valence electrons. The fraction of sp³-hybridized carbons (Fsp3) is 0.200. The van der Waals surface area contributed by atoms with Gasteiger partial charge in [-0.3, -0.25) is 0 Å². The first-order valence-electron chi connectivity index (χ1n) is 8.34. The largest absolute Gasteiger partial charge is 0.493 e. The van der Waals surface area contributed by atoms with E-state index in [1.165, 1.54) is 45.6 Å². The Labute approximate surface area is 165 Å². The standard InChI is InChI=1S/C20H17F2NO6/c1-25-15-9-8-11(16(26-2)17(15)27-3)10-13-19(24)29-18(23-13)12-6-4-5-7-14(12)28-20(21)22/h4-10,20H,1-3H3/b13-10-. The maximum absolute atomic E-state index is 12.6. The summed E-state index contributed by atoms with van der Waals surface area (Å²) in [5.41, 5.74) is 0.570. The van der Waals surface area contributed by atoms with Crippen LogP contribution >= 0.6 is 0 Å². The number of cyclic esters (lactones) is 1. The number of hydrogen-bond acceptors (Lipinski definition) is 7. The van der Waals surface area contributed by atoms with Crippen molar-refractivity contribution in [1.29, 1.82) is 0 Å². The lowest BCUT2D eigenvalue weighted by Gasteiger charge is -2.14. The molecule has 0 radical (unpaired) electrons. The minimum Gasteiger partial charge on any atom is -0.493 e. The molecule has 2 aromatic carbocycles. The maximum atomic E-state index is 12.6. The summed E-state index contributed by atoms with van der Waals surface area (Å²) in [6.45, 7) is -3.03. The van der Waals surface area contributed by atoms with Gasteiger partial charge < -0.3 is 23.7 Å². The highest BCUT2D eigenvalue weighted by molar-refractivity contribution is 6.13. The average Bonchev–Trinajstić information content (AvgIpc) is 3.07. The van der Waals surface area contributed by atoms with Gasteiger partial charge in [-0.2, -0.15) is 8.78 Å². The van der Waals surface area contributed by atoms with Crippen LogP contribution in [0.25, 0.3) is 6.08 Å². The zero-order valence-corrected chi connectivity index (χ0v) is 15.8. The molecule has 0 aliphatic carbocycles. The third kappa shape index (κ3) is 4.13. The number of methoxy groups -OCH3 is 3. The van der Waals surface area contributed by atoms with Gasteiger partial charge in [0.2, 0.25) is 11.6 Å². The van der Waals surface area contributed by atoms with Crippen LogP contribution < -0.4 is 18.9 Å². The highest BCUT2D eigenvalue weighted by atomic mass is 19.3. The second kappa shape index (κ2) is 8.59. The molecule has 3 rings (SSSR count). The first kappa shape index (κ1) is 20.1. The van der Waals surface area contributed by atoms with Crippen molar-refractivity contribution in [2.24, 2.45) is 4.99 Å². The SMILES string of the molecule is COc1ccc(/C=C2\N=C(c3ccccc3OC(F)F)OC2=O)c(OC)c1OC. The Kier molecular flexibility index (Phi) is 5.96. The Balaban J connectivity index is 2.03. The third-order valence-corrected chi connectivity index (χ3v) is 3.98. The molecule has 1 heterocycles. The van der Waals surface area contributed by atoms with Gasteiger partial charge in [-0.1, -0.05) is 12.1 Å². The summed E-state index contributed by atoms with van der Waals surface area (Å²) in [6, 6.07) is 9.19. The number of benzene rings is 2. The zero-order chi connectivity index (χ0) is 21.0. The van der Waals surface area contributed by atoms with E-state index in [0.29, 0.717) is 22.8 Å². The van der Waals surface area contributed by atoms with Crippen LogP contribution in [0.15, 0.2) is 47.1 Å². The zero-order valence-electron chi connectivity index (χ0n) is 15.8. The van der Waals surface area contributed by atoms with Gasteiger partial charge in [0, 0.05) is 5.56 Å². The lowest BCUT2D eigenvalue weighted by atomic mass is 10.1. The van der Waals surface area contributed by atoms with Crippen molar-refractivity contribution in [3.05, 3.63) is 53.2 Å². The number of halogens is 2. The monoisotopic (exact) mass is 405 g/mol. The summed E-state index contributed by atoms with van der Waals surface area (Å²) in [5.74, 6) is 0.0789. The van der Waals surface area contributed by atoms with Crippen molar-refractivity contribution in [3.63, 3.8) is 0 Å². The summed E-state index contributed by atoms with van der Waals surface area (Å²) in [4.78, 5) is 16.4. The van der Waals surface area contributed by atoms with Gasteiger partial charge in [0.25, 0.3) is 0 Å². The molecule has 0 bridgehead atoms. The average molecular weight is 405 g/mol. The van der Waals surface area contributed by atoms with Crippen molar-refractivity contribution < 1.29 is 37.3 Å². The minimum absolute atomic E-state index is 0.0441.